The van der Waals surface area contributed by atoms with Crippen molar-refractivity contribution in [2.75, 3.05) is 31.2 Å². The molecular weight excluding hydrogens is 333 g/mol. The van der Waals surface area contributed by atoms with Gasteiger partial charge in [0.15, 0.2) is 5.78 Å². The Hall–Kier alpha value is -2.73. The lowest BCUT2D eigenvalue weighted by atomic mass is 10.0. The molecule has 3 heterocycles. The SMILES string of the molecule is O=C1CCn2c(-c3ccc(N4CCOCC4)cc3)nc3cc(F)cc1c32. The molecule has 1 fully saturated rings. The molecule has 0 amide bonds. The molecule has 5 nitrogen and oxygen atoms in total. The highest BCUT2D eigenvalue weighted by atomic mass is 19.1. The highest BCUT2D eigenvalue weighted by Crippen LogP contribution is 2.32. The Labute approximate surface area is 150 Å². The molecule has 5 rings (SSSR count). The Morgan fingerprint density at radius 1 is 1.04 bits per heavy atom. The third-order valence-corrected chi connectivity index (χ3v) is 5.17. The number of Topliss-reactive ketones (excluding diaryl/α,β-unsaturated/α-hetero) is 1. The summed E-state index contributed by atoms with van der Waals surface area (Å²) in [6, 6.07) is 11.0. The van der Waals surface area contributed by atoms with Crippen LogP contribution in [-0.2, 0) is 11.3 Å². The second-order valence-corrected chi connectivity index (χ2v) is 6.73. The van der Waals surface area contributed by atoms with Crippen LogP contribution < -0.4 is 4.90 Å². The maximum Gasteiger partial charge on any atom is 0.166 e. The van der Waals surface area contributed by atoms with Crippen molar-refractivity contribution in [3.05, 3.63) is 47.8 Å². The largest absolute Gasteiger partial charge is 0.378 e. The first-order valence-corrected chi connectivity index (χ1v) is 8.87. The molecule has 0 N–H and O–H groups in total. The van der Waals surface area contributed by atoms with Crippen LogP contribution >= 0.6 is 0 Å². The number of carbonyl (C=O) groups is 1. The van der Waals surface area contributed by atoms with Crippen LogP contribution in [-0.4, -0.2) is 41.6 Å². The van der Waals surface area contributed by atoms with E-state index in [-0.39, 0.29) is 5.78 Å². The van der Waals surface area contributed by atoms with Crippen LogP contribution in [0.15, 0.2) is 36.4 Å². The molecular formula is C20H18FN3O2. The van der Waals surface area contributed by atoms with Crippen molar-refractivity contribution in [1.82, 2.24) is 9.55 Å². The summed E-state index contributed by atoms with van der Waals surface area (Å²) in [5, 5.41) is 0. The Bertz CT molecular complexity index is 1000. The molecule has 1 saturated heterocycles. The maximum atomic E-state index is 13.9. The number of imidazole rings is 1. The van der Waals surface area contributed by atoms with Crippen LogP contribution in [0.3, 0.4) is 0 Å². The van der Waals surface area contributed by atoms with Crippen molar-refractivity contribution in [2.45, 2.75) is 13.0 Å². The standard InChI is InChI=1S/C20H18FN3O2/c21-14-11-16-18(25)5-6-24-19(16)17(12-14)22-20(24)13-1-3-15(4-2-13)23-7-9-26-10-8-23/h1-4,11-12H,5-10H2. The predicted octanol–water partition coefficient (Wildman–Crippen LogP) is 3.27. The zero-order valence-electron chi connectivity index (χ0n) is 14.2. The summed E-state index contributed by atoms with van der Waals surface area (Å²) in [5.41, 5.74) is 3.86. The molecule has 0 atom stereocenters. The normalized spacial score (nSPS) is 17.1. The number of halogens is 1. The summed E-state index contributed by atoms with van der Waals surface area (Å²) in [7, 11) is 0. The van der Waals surface area contributed by atoms with Gasteiger partial charge in [0, 0.05) is 48.9 Å². The first kappa shape index (κ1) is 15.5. The molecule has 26 heavy (non-hydrogen) atoms. The van der Waals surface area contributed by atoms with E-state index in [0.717, 1.165) is 48.9 Å². The van der Waals surface area contributed by atoms with Gasteiger partial charge in [0.2, 0.25) is 0 Å². The third kappa shape index (κ3) is 2.41. The zero-order chi connectivity index (χ0) is 17.7. The van der Waals surface area contributed by atoms with Gasteiger partial charge < -0.3 is 14.2 Å². The first-order valence-electron chi connectivity index (χ1n) is 8.87. The van der Waals surface area contributed by atoms with Crippen molar-refractivity contribution in [1.29, 1.82) is 0 Å². The molecule has 0 saturated carbocycles. The predicted molar refractivity (Wildman–Crippen MR) is 97.1 cm³/mol. The quantitative estimate of drug-likeness (QED) is 0.711. The van der Waals surface area contributed by atoms with E-state index in [1.54, 1.807) is 0 Å². The van der Waals surface area contributed by atoms with Gasteiger partial charge in [-0.3, -0.25) is 4.79 Å². The molecule has 0 unspecified atom stereocenters. The summed E-state index contributed by atoms with van der Waals surface area (Å²) in [5.74, 6) is 0.352. The van der Waals surface area contributed by atoms with E-state index in [1.807, 2.05) is 16.7 Å². The van der Waals surface area contributed by atoms with E-state index in [0.29, 0.717) is 24.0 Å². The Morgan fingerprint density at radius 2 is 1.81 bits per heavy atom. The van der Waals surface area contributed by atoms with E-state index in [1.165, 1.54) is 12.1 Å². The minimum absolute atomic E-state index is 0.0175. The van der Waals surface area contributed by atoms with Gasteiger partial charge in [-0.2, -0.15) is 0 Å². The highest BCUT2D eigenvalue weighted by molar-refractivity contribution is 6.08. The second kappa shape index (κ2) is 5.92. The van der Waals surface area contributed by atoms with Crippen molar-refractivity contribution in [2.24, 2.45) is 0 Å². The fourth-order valence-corrected chi connectivity index (χ4v) is 3.88. The van der Waals surface area contributed by atoms with Crippen molar-refractivity contribution < 1.29 is 13.9 Å². The van der Waals surface area contributed by atoms with Crippen molar-refractivity contribution >= 4 is 22.5 Å². The molecule has 6 heteroatoms. The summed E-state index contributed by atoms with van der Waals surface area (Å²) in [4.78, 5) is 19.1. The lowest BCUT2D eigenvalue weighted by molar-refractivity contribution is 0.0973. The summed E-state index contributed by atoms with van der Waals surface area (Å²) >= 11 is 0. The summed E-state index contributed by atoms with van der Waals surface area (Å²) < 4.78 is 21.3. The number of aryl methyl sites for hydroxylation is 1. The zero-order valence-corrected chi connectivity index (χ0v) is 14.2. The minimum atomic E-state index is -0.415. The van der Waals surface area contributed by atoms with Crippen LogP contribution in [0, 0.1) is 5.82 Å². The average molecular weight is 351 g/mol. The van der Waals surface area contributed by atoms with Crippen molar-refractivity contribution in [3.63, 3.8) is 0 Å². The average Bonchev–Trinajstić information content (AvgIpc) is 3.04. The van der Waals surface area contributed by atoms with E-state index in [9.17, 15) is 9.18 Å². The Kier molecular flexibility index (Phi) is 3.53. The first-order chi connectivity index (χ1) is 12.7. The number of hydrogen-bond acceptors (Lipinski definition) is 4. The van der Waals surface area contributed by atoms with Crippen LogP contribution in [0.5, 0.6) is 0 Å². The number of rotatable bonds is 2. The molecule has 1 aromatic heterocycles. The number of aromatic nitrogens is 2. The van der Waals surface area contributed by atoms with Gasteiger partial charge in [-0.15, -0.1) is 0 Å². The van der Waals surface area contributed by atoms with Gasteiger partial charge in [0.1, 0.15) is 11.6 Å². The van der Waals surface area contributed by atoms with Gasteiger partial charge in [-0.05, 0) is 30.3 Å². The number of ether oxygens (including phenoxy) is 1. The van der Waals surface area contributed by atoms with Gasteiger partial charge in [0.05, 0.1) is 24.2 Å². The number of carbonyl (C=O) groups excluding carboxylic acids is 1. The number of ketones is 1. The molecule has 3 aromatic rings. The van der Waals surface area contributed by atoms with E-state index < -0.39 is 5.82 Å². The minimum Gasteiger partial charge on any atom is -0.378 e. The van der Waals surface area contributed by atoms with Crippen LogP contribution in [0.1, 0.15) is 16.8 Å². The van der Waals surface area contributed by atoms with Crippen molar-refractivity contribution in [3.8, 4) is 11.4 Å². The number of anilines is 1. The summed E-state index contributed by atoms with van der Waals surface area (Å²) in [6.45, 7) is 3.86. The molecule has 0 radical (unpaired) electrons. The Morgan fingerprint density at radius 3 is 2.58 bits per heavy atom. The van der Waals surface area contributed by atoms with Crippen LogP contribution in [0.4, 0.5) is 10.1 Å². The molecule has 132 valence electrons. The number of hydrogen-bond donors (Lipinski definition) is 0. The molecule has 0 bridgehead atoms. The van der Waals surface area contributed by atoms with Gasteiger partial charge in [-0.1, -0.05) is 0 Å². The fourth-order valence-electron chi connectivity index (χ4n) is 3.88. The van der Waals surface area contributed by atoms with E-state index in [2.05, 4.69) is 22.0 Å². The van der Waals surface area contributed by atoms with Crippen LogP contribution in [0.25, 0.3) is 22.4 Å². The molecule has 2 aliphatic rings. The maximum absolute atomic E-state index is 13.9. The lowest BCUT2D eigenvalue weighted by Crippen LogP contribution is -2.36. The molecule has 0 spiro atoms. The smallest absolute Gasteiger partial charge is 0.166 e. The van der Waals surface area contributed by atoms with Gasteiger partial charge in [-0.25, -0.2) is 9.37 Å². The van der Waals surface area contributed by atoms with E-state index >= 15 is 0 Å². The third-order valence-electron chi connectivity index (χ3n) is 5.17. The lowest BCUT2D eigenvalue weighted by Gasteiger charge is -2.28. The number of nitrogens with zero attached hydrogens (tertiary/aromatic N) is 3. The monoisotopic (exact) mass is 351 g/mol. The molecule has 2 aromatic carbocycles. The highest BCUT2D eigenvalue weighted by Gasteiger charge is 2.25. The van der Waals surface area contributed by atoms with Gasteiger partial charge >= 0.3 is 0 Å². The Balaban J connectivity index is 1.58. The second-order valence-electron chi connectivity index (χ2n) is 6.73. The topological polar surface area (TPSA) is 47.4 Å². The number of benzene rings is 2. The van der Waals surface area contributed by atoms with E-state index in [4.69, 9.17) is 4.74 Å². The molecule has 0 aliphatic carbocycles. The summed E-state index contributed by atoms with van der Waals surface area (Å²) in [6.07, 6.45) is 0.376. The number of morpholine rings is 1. The van der Waals surface area contributed by atoms with Gasteiger partial charge in [0.25, 0.3) is 0 Å². The molecule has 2 aliphatic heterocycles. The fraction of sp³-hybridized carbons (Fsp3) is 0.300. The van der Waals surface area contributed by atoms with Crippen LogP contribution in [0.2, 0.25) is 0 Å².